The zero-order chi connectivity index (χ0) is 8.69. The minimum absolute atomic E-state index is 0.160. The molecule has 0 aliphatic heterocycles. The van der Waals surface area contributed by atoms with Crippen molar-refractivity contribution in [3.8, 4) is 5.75 Å². The standard InChI is InChI=1S/C7H7NO.C2H6/c8-5-6-3-1-2-4-7(6)9;1-2/h1-5,8-9H;1-2H3. The normalized spacial score (nSPS) is 7.82. The van der Waals surface area contributed by atoms with Crippen LogP contribution in [0.5, 0.6) is 5.75 Å². The Morgan fingerprint density at radius 2 is 1.82 bits per heavy atom. The molecule has 0 aliphatic carbocycles. The second-order valence-electron chi connectivity index (χ2n) is 1.70. The molecule has 0 spiro atoms. The van der Waals surface area contributed by atoms with Gasteiger partial charge in [-0.15, -0.1) is 0 Å². The first-order valence-corrected chi connectivity index (χ1v) is 3.63. The van der Waals surface area contributed by atoms with E-state index in [-0.39, 0.29) is 5.75 Å². The van der Waals surface area contributed by atoms with Crippen molar-refractivity contribution in [2.24, 2.45) is 0 Å². The molecule has 0 fully saturated rings. The van der Waals surface area contributed by atoms with Crippen LogP contribution in [0.2, 0.25) is 0 Å². The Morgan fingerprint density at radius 1 is 1.27 bits per heavy atom. The van der Waals surface area contributed by atoms with Gasteiger partial charge < -0.3 is 10.5 Å². The smallest absolute Gasteiger partial charge is 0.124 e. The van der Waals surface area contributed by atoms with Gasteiger partial charge in [-0.25, -0.2) is 0 Å². The van der Waals surface area contributed by atoms with Gasteiger partial charge in [0.25, 0.3) is 0 Å². The zero-order valence-corrected chi connectivity index (χ0v) is 6.83. The van der Waals surface area contributed by atoms with E-state index in [0.29, 0.717) is 5.56 Å². The number of para-hydroxylation sites is 1. The number of phenols is 1. The summed E-state index contributed by atoms with van der Waals surface area (Å²) in [6.45, 7) is 4.00. The lowest BCUT2D eigenvalue weighted by Gasteiger charge is -1.92. The van der Waals surface area contributed by atoms with Crippen molar-refractivity contribution >= 4 is 6.21 Å². The molecule has 0 bridgehead atoms. The average Bonchev–Trinajstić information content (AvgIpc) is 2.09. The van der Waals surface area contributed by atoms with E-state index in [1.54, 1.807) is 24.3 Å². The molecule has 0 aromatic heterocycles. The molecular weight excluding hydrogens is 138 g/mol. The Balaban J connectivity index is 0.000000461. The summed E-state index contributed by atoms with van der Waals surface area (Å²) in [5, 5.41) is 15.8. The molecule has 11 heavy (non-hydrogen) atoms. The molecule has 2 heteroatoms. The molecule has 1 aromatic carbocycles. The second-order valence-corrected chi connectivity index (χ2v) is 1.70. The minimum Gasteiger partial charge on any atom is -0.507 e. The number of aromatic hydroxyl groups is 1. The largest absolute Gasteiger partial charge is 0.507 e. The lowest BCUT2D eigenvalue weighted by molar-refractivity contribution is 0.474. The van der Waals surface area contributed by atoms with Crippen molar-refractivity contribution in [2.75, 3.05) is 0 Å². The number of nitrogens with one attached hydrogen (secondary N) is 1. The number of hydrogen-bond donors (Lipinski definition) is 2. The highest BCUT2D eigenvalue weighted by Gasteiger charge is 1.91. The van der Waals surface area contributed by atoms with Gasteiger partial charge in [-0.1, -0.05) is 26.0 Å². The number of benzene rings is 1. The third-order valence-electron chi connectivity index (χ3n) is 1.09. The van der Waals surface area contributed by atoms with Gasteiger partial charge in [0.05, 0.1) is 0 Å². The molecule has 2 N–H and O–H groups in total. The van der Waals surface area contributed by atoms with Crippen molar-refractivity contribution in [1.29, 1.82) is 5.41 Å². The van der Waals surface area contributed by atoms with Gasteiger partial charge in [0.15, 0.2) is 0 Å². The first kappa shape index (κ1) is 9.69. The zero-order valence-electron chi connectivity index (χ0n) is 6.83. The Labute approximate surface area is 67.0 Å². The first-order chi connectivity index (χ1) is 5.34. The molecular formula is C9H13NO. The molecule has 0 aliphatic rings. The van der Waals surface area contributed by atoms with E-state index in [1.165, 1.54) is 0 Å². The number of phenolic OH excluding ortho intramolecular Hbond substituents is 1. The van der Waals surface area contributed by atoms with E-state index in [4.69, 9.17) is 10.5 Å². The van der Waals surface area contributed by atoms with Crippen molar-refractivity contribution < 1.29 is 5.11 Å². The van der Waals surface area contributed by atoms with E-state index < -0.39 is 0 Å². The Hall–Kier alpha value is -1.31. The number of hydrogen-bond acceptors (Lipinski definition) is 2. The summed E-state index contributed by atoms with van der Waals surface area (Å²) in [7, 11) is 0. The monoisotopic (exact) mass is 151 g/mol. The summed E-state index contributed by atoms with van der Waals surface area (Å²) in [5.74, 6) is 0.160. The summed E-state index contributed by atoms with van der Waals surface area (Å²) in [4.78, 5) is 0. The van der Waals surface area contributed by atoms with Gasteiger partial charge >= 0.3 is 0 Å². The first-order valence-electron chi connectivity index (χ1n) is 3.63. The lowest BCUT2D eigenvalue weighted by Crippen LogP contribution is -1.77. The van der Waals surface area contributed by atoms with E-state index in [9.17, 15) is 0 Å². The molecule has 0 atom stereocenters. The highest BCUT2D eigenvalue weighted by Crippen LogP contribution is 2.11. The van der Waals surface area contributed by atoms with Crippen LogP contribution < -0.4 is 0 Å². The predicted octanol–water partition coefficient (Wildman–Crippen LogP) is 2.42. The van der Waals surface area contributed by atoms with Crippen LogP contribution in [0.3, 0.4) is 0 Å². The third-order valence-corrected chi connectivity index (χ3v) is 1.09. The topological polar surface area (TPSA) is 44.1 Å². The summed E-state index contributed by atoms with van der Waals surface area (Å²) < 4.78 is 0. The van der Waals surface area contributed by atoms with Crippen LogP contribution in [0.15, 0.2) is 24.3 Å². The predicted molar refractivity (Wildman–Crippen MR) is 47.3 cm³/mol. The van der Waals surface area contributed by atoms with E-state index in [2.05, 4.69) is 0 Å². The van der Waals surface area contributed by atoms with Gasteiger partial charge in [-0.3, -0.25) is 0 Å². The highest BCUT2D eigenvalue weighted by molar-refractivity contribution is 5.80. The number of rotatable bonds is 1. The van der Waals surface area contributed by atoms with Crippen LogP contribution in [0.4, 0.5) is 0 Å². The fraction of sp³-hybridized carbons (Fsp3) is 0.222. The van der Waals surface area contributed by atoms with Crippen molar-refractivity contribution in [2.45, 2.75) is 13.8 Å². The Kier molecular flexibility index (Phi) is 4.82. The molecule has 60 valence electrons. The van der Waals surface area contributed by atoms with Gasteiger partial charge in [-0.2, -0.15) is 0 Å². The molecule has 2 nitrogen and oxygen atoms in total. The van der Waals surface area contributed by atoms with Gasteiger partial charge in [0.1, 0.15) is 5.75 Å². The maximum Gasteiger partial charge on any atom is 0.124 e. The van der Waals surface area contributed by atoms with Crippen molar-refractivity contribution in [1.82, 2.24) is 0 Å². The van der Waals surface area contributed by atoms with Gasteiger partial charge in [-0.05, 0) is 12.1 Å². The third kappa shape index (κ3) is 2.85. The van der Waals surface area contributed by atoms with E-state index >= 15 is 0 Å². The lowest BCUT2D eigenvalue weighted by atomic mass is 10.2. The summed E-state index contributed by atoms with van der Waals surface area (Å²) >= 11 is 0. The van der Waals surface area contributed by atoms with Crippen LogP contribution >= 0.6 is 0 Å². The molecule has 0 radical (unpaired) electrons. The Bertz CT molecular complexity index is 221. The van der Waals surface area contributed by atoms with E-state index in [1.807, 2.05) is 13.8 Å². The summed E-state index contributed by atoms with van der Waals surface area (Å²) in [6, 6.07) is 6.74. The maximum atomic E-state index is 8.96. The van der Waals surface area contributed by atoms with Gasteiger partial charge in [0, 0.05) is 11.8 Å². The van der Waals surface area contributed by atoms with E-state index in [0.717, 1.165) is 6.21 Å². The SMILES string of the molecule is CC.N=Cc1ccccc1O. The molecule has 0 saturated heterocycles. The van der Waals surface area contributed by atoms with Crippen molar-refractivity contribution in [3.05, 3.63) is 29.8 Å². The maximum absolute atomic E-state index is 8.96. The minimum atomic E-state index is 0.160. The highest BCUT2D eigenvalue weighted by atomic mass is 16.3. The molecule has 1 rings (SSSR count). The van der Waals surface area contributed by atoms with Crippen LogP contribution in [0.1, 0.15) is 19.4 Å². The van der Waals surface area contributed by atoms with Crippen molar-refractivity contribution in [3.63, 3.8) is 0 Å². The Morgan fingerprint density at radius 3 is 2.18 bits per heavy atom. The molecule has 0 heterocycles. The fourth-order valence-electron chi connectivity index (χ4n) is 0.610. The summed E-state index contributed by atoms with van der Waals surface area (Å²) in [6.07, 6.45) is 1.12. The van der Waals surface area contributed by atoms with Gasteiger partial charge in [0.2, 0.25) is 0 Å². The second kappa shape index (κ2) is 5.47. The van der Waals surface area contributed by atoms with Crippen LogP contribution in [0.25, 0.3) is 0 Å². The van der Waals surface area contributed by atoms with Crippen LogP contribution in [-0.2, 0) is 0 Å². The molecule has 0 saturated carbocycles. The summed E-state index contributed by atoms with van der Waals surface area (Å²) in [5.41, 5.74) is 0.553. The van der Waals surface area contributed by atoms with Crippen LogP contribution in [0, 0.1) is 5.41 Å². The average molecular weight is 151 g/mol. The molecule has 1 aromatic rings. The quantitative estimate of drug-likeness (QED) is 0.595. The fourth-order valence-corrected chi connectivity index (χ4v) is 0.610. The molecule has 0 amide bonds. The van der Waals surface area contributed by atoms with Crippen LogP contribution in [-0.4, -0.2) is 11.3 Å². The molecule has 0 unspecified atom stereocenters.